The van der Waals surface area contributed by atoms with E-state index in [9.17, 15) is 13.2 Å². The Bertz CT molecular complexity index is 1320. The van der Waals surface area contributed by atoms with E-state index in [0.717, 1.165) is 21.0 Å². The first-order chi connectivity index (χ1) is 16.7. The van der Waals surface area contributed by atoms with Crippen LogP contribution < -0.4 is 14.5 Å². The van der Waals surface area contributed by atoms with E-state index < -0.39 is 22.5 Å². The van der Waals surface area contributed by atoms with E-state index in [1.54, 1.807) is 42.5 Å². The largest absolute Gasteiger partial charge is 0.490 e. The lowest BCUT2D eigenvalue weighted by molar-refractivity contribution is -0.119. The Morgan fingerprint density at radius 2 is 1.74 bits per heavy atom. The van der Waals surface area contributed by atoms with Gasteiger partial charge in [-0.3, -0.25) is 9.10 Å². The van der Waals surface area contributed by atoms with Crippen LogP contribution >= 0.6 is 11.6 Å². The summed E-state index contributed by atoms with van der Waals surface area (Å²) in [5.74, 6) is 0.0884. The number of carbonyl (C=O) groups excluding carboxylic acids is 1. The molecule has 35 heavy (non-hydrogen) atoms. The first-order valence-electron chi connectivity index (χ1n) is 10.7. The molecule has 182 valence electrons. The first-order valence-corrected chi connectivity index (χ1v) is 12.5. The molecule has 1 amide bonds. The Hall–Kier alpha value is -3.62. The molecule has 0 aliphatic rings. The molecule has 0 aliphatic carbocycles. The summed E-state index contributed by atoms with van der Waals surface area (Å²) >= 11 is 5.92. The second-order valence-corrected chi connectivity index (χ2v) is 9.99. The number of carbonyl (C=O) groups is 1. The van der Waals surface area contributed by atoms with Gasteiger partial charge in [-0.25, -0.2) is 13.8 Å². The maximum atomic E-state index is 13.4. The average molecular weight is 512 g/mol. The van der Waals surface area contributed by atoms with Crippen molar-refractivity contribution in [2.45, 2.75) is 18.7 Å². The van der Waals surface area contributed by atoms with Gasteiger partial charge in [-0.05, 0) is 91.2 Å². The number of nitrogens with one attached hydrogen (secondary N) is 1. The number of sulfonamides is 1. The highest BCUT2D eigenvalue weighted by Crippen LogP contribution is 2.26. The van der Waals surface area contributed by atoms with Gasteiger partial charge in [0.05, 0.1) is 16.8 Å². The first kappa shape index (κ1) is 26.0. The van der Waals surface area contributed by atoms with E-state index in [0.29, 0.717) is 23.1 Å². The third-order valence-corrected chi connectivity index (χ3v) is 7.16. The molecule has 0 radical (unpaired) electrons. The van der Waals surface area contributed by atoms with Gasteiger partial charge < -0.3 is 4.74 Å². The summed E-state index contributed by atoms with van der Waals surface area (Å²) in [5, 5.41) is 4.37. The number of aryl methyl sites for hydroxylation is 2. The zero-order valence-electron chi connectivity index (χ0n) is 19.4. The van der Waals surface area contributed by atoms with E-state index in [4.69, 9.17) is 16.3 Å². The van der Waals surface area contributed by atoms with E-state index in [2.05, 4.69) is 17.1 Å². The number of hydrogen-bond acceptors (Lipinski definition) is 5. The quantitative estimate of drug-likeness (QED) is 0.239. The van der Waals surface area contributed by atoms with Crippen molar-refractivity contribution in [3.8, 4) is 5.75 Å². The fraction of sp³-hybridized carbons (Fsp3) is 0.154. The second-order valence-electron chi connectivity index (χ2n) is 7.70. The molecule has 3 aromatic rings. The molecule has 1 N–H and O–H groups in total. The number of ether oxygens (including phenoxy) is 1. The molecule has 0 bridgehead atoms. The molecule has 0 aromatic heterocycles. The number of hydrogen-bond donors (Lipinski definition) is 1. The van der Waals surface area contributed by atoms with Gasteiger partial charge in [-0.2, -0.15) is 5.10 Å². The standard InChI is InChI=1S/C26H26ClN3O4S/c1-4-15-34-24-11-6-21(7-12-24)17-28-29-26(31)18-30(23-10-5-19(2)20(3)16-23)35(32,33)25-13-8-22(27)9-14-25/h4-14,16-17H,1,15,18H2,2-3H3,(H,29,31)/b28-17-. The van der Waals surface area contributed by atoms with E-state index in [1.165, 1.54) is 30.5 Å². The molecule has 0 unspecified atom stereocenters. The van der Waals surface area contributed by atoms with Crippen molar-refractivity contribution in [2.24, 2.45) is 5.10 Å². The normalized spacial score (nSPS) is 11.3. The van der Waals surface area contributed by atoms with Crippen LogP contribution in [0.1, 0.15) is 16.7 Å². The molecule has 7 nitrogen and oxygen atoms in total. The van der Waals surface area contributed by atoms with Gasteiger partial charge in [0, 0.05) is 5.02 Å². The van der Waals surface area contributed by atoms with Gasteiger partial charge in [0.15, 0.2) is 0 Å². The molecule has 3 rings (SSSR count). The summed E-state index contributed by atoms with van der Waals surface area (Å²) in [5.41, 5.74) is 5.41. The van der Waals surface area contributed by atoms with Crippen molar-refractivity contribution < 1.29 is 17.9 Å². The Morgan fingerprint density at radius 3 is 2.37 bits per heavy atom. The summed E-state index contributed by atoms with van der Waals surface area (Å²) in [6.07, 6.45) is 3.11. The molecule has 0 fully saturated rings. The van der Waals surface area contributed by atoms with Gasteiger partial charge in [0.1, 0.15) is 18.9 Å². The van der Waals surface area contributed by atoms with Gasteiger partial charge in [-0.15, -0.1) is 0 Å². The zero-order chi connectivity index (χ0) is 25.4. The minimum Gasteiger partial charge on any atom is -0.490 e. The molecule has 0 atom stereocenters. The second kappa shape index (κ2) is 11.7. The number of benzene rings is 3. The minimum atomic E-state index is -4.04. The molecule has 0 spiro atoms. The SMILES string of the molecule is C=CCOc1ccc(/C=N\NC(=O)CN(c2ccc(C)c(C)c2)S(=O)(=O)c2ccc(Cl)cc2)cc1. The highest BCUT2D eigenvalue weighted by Gasteiger charge is 2.27. The van der Waals surface area contributed by atoms with Crippen LogP contribution in [0.2, 0.25) is 5.02 Å². The predicted octanol–water partition coefficient (Wildman–Crippen LogP) is 4.87. The lowest BCUT2D eigenvalue weighted by atomic mass is 10.1. The number of nitrogens with zero attached hydrogens (tertiary/aromatic N) is 2. The predicted molar refractivity (Wildman–Crippen MR) is 140 cm³/mol. The fourth-order valence-corrected chi connectivity index (χ4v) is 4.62. The summed E-state index contributed by atoms with van der Waals surface area (Å²) in [7, 11) is -4.04. The molecular formula is C26H26ClN3O4S. The lowest BCUT2D eigenvalue weighted by Gasteiger charge is -2.24. The van der Waals surface area contributed by atoms with Crippen molar-refractivity contribution in [3.63, 3.8) is 0 Å². The highest BCUT2D eigenvalue weighted by atomic mass is 35.5. The van der Waals surface area contributed by atoms with E-state index >= 15 is 0 Å². The minimum absolute atomic E-state index is 0.0233. The van der Waals surface area contributed by atoms with Crippen LogP contribution in [0.5, 0.6) is 5.75 Å². The van der Waals surface area contributed by atoms with Crippen LogP contribution in [0.4, 0.5) is 5.69 Å². The zero-order valence-corrected chi connectivity index (χ0v) is 21.0. The molecule has 0 aliphatic heterocycles. The molecule has 0 saturated carbocycles. The Kier molecular flexibility index (Phi) is 8.68. The van der Waals surface area contributed by atoms with Crippen molar-refractivity contribution in [1.29, 1.82) is 0 Å². The maximum absolute atomic E-state index is 13.4. The van der Waals surface area contributed by atoms with Crippen molar-refractivity contribution >= 4 is 39.4 Å². The summed E-state index contributed by atoms with van der Waals surface area (Å²) in [4.78, 5) is 12.7. The molecule has 3 aromatic carbocycles. The van der Waals surface area contributed by atoms with Gasteiger partial charge in [0.25, 0.3) is 15.9 Å². The molecule has 0 heterocycles. The lowest BCUT2D eigenvalue weighted by Crippen LogP contribution is -2.39. The Labute approximate surface area is 210 Å². The van der Waals surface area contributed by atoms with Gasteiger partial charge in [-0.1, -0.05) is 30.3 Å². The average Bonchev–Trinajstić information content (AvgIpc) is 2.84. The van der Waals surface area contributed by atoms with Crippen LogP contribution in [0, 0.1) is 13.8 Å². The van der Waals surface area contributed by atoms with Crippen molar-refractivity contribution in [2.75, 3.05) is 17.5 Å². The van der Waals surface area contributed by atoms with Crippen molar-refractivity contribution in [3.05, 3.63) is 101 Å². The number of anilines is 1. The van der Waals surface area contributed by atoms with Crippen LogP contribution in [-0.4, -0.2) is 33.7 Å². The van der Waals surface area contributed by atoms with E-state index in [1.807, 2.05) is 19.9 Å². The third kappa shape index (κ3) is 6.94. The number of hydrazone groups is 1. The van der Waals surface area contributed by atoms with Gasteiger partial charge >= 0.3 is 0 Å². The van der Waals surface area contributed by atoms with E-state index in [-0.39, 0.29) is 4.90 Å². The molecule has 9 heteroatoms. The summed E-state index contributed by atoms with van der Waals surface area (Å²) < 4.78 is 33.3. The Morgan fingerprint density at radius 1 is 1.06 bits per heavy atom. The fourth-order valence-electron chi connectivity index (χ4n) is 3.08. The van der Waals surface area contributed by atoms with Crippen LogP contribution in [-0.2, 0) is 14.8 Å². The summed E-state index contributed by atoms with van der Waals surface area (Å²) in [6.45, 7) is 7.35. The molecule has 0 saturated heterocycles. The third-order valence-electron chi connectivity index (χ3n) is 5.12. The van der Waals surface area contributed by atoms with Crippen molar-refractivity contribution in [1.82, 2.24) is 5.43 Å². The van der Waals surface area contributed by atoms with Crippen LogP contribution in [0.15, 0.2) is 89.4 Å². The Balaban J connectivity index is 1.78. The van der Waals surface area contributed by atoms with Crippen LogP contribution in [0.3, 0.4) is 0 Å². The molecular weight excluding hydrogens is 486 g/mol. The van der Waals surface area contributed by atoms with Gasteiger partial charge in [0.2, 0.25) is 0 Å². The monoisotopic (exact) mass is 511 g/mol. The topological polar surface area (TPSA) is 88.1 Å². The highest BCUT2D eigenvalue weighted by molar-refractivity contribution is 7.92. The summed E-state index contributed by atoms with van der Waals surface area (Å²) in [6, 6.07) is 18.1. The maximum Gasteiger partial charge on any atom is 0.264 e. The van der Waals surface area contributed by atoms with Crippen LogP contribution in [0.25, 0.3) is 0 Å². The number of amides is 1. The number of halogens is 1. The smallest absolute Gasteiger partial charge is 0.264 e. The number of rotatable bonds is 10.